The molecule has 1 fully saturated rings. The van der Waals surface area contributed by atoms with E-state index in [1.165, 1.54) is 24.8 Å². The zero-order chi connectivity index (χ0) is 14.7. The van der Waals surface area contributed by atoms with Crippen LogP contribution in [0.1, 0.15) is 30.9 Å². The van der Waals surface area contributed by atoms with Crippen LogP contribution in [0.2, 0.25) is 0 Å². The van der Waals surface area contributed by atoms with E-state index in [4.69, 9.17) is 20.6 Å². The van der Waals surface area contributed by atoms with E-state index in [1.54, 1.807) is 0 Å². The number of carbonyl (C=O) groups excluding carboxylic acids is 1. The van der Waals surface area contributed by atoms with Gasteiger partial charge in [-0.25, -0.2) is 0 Å². The third kappa shape index (κ3) is 7.88. The molecule has 1 aromatic carbocycles. The molecule has 1 aliphatic rings. The largest absolute Gasteiger partial charge is 0.372 e. The Morgan fingerprint density at radius 1 is 1.37 bits per heavy atom. The molecule has 1 aliphatic carbocycles. The van der Waals surface area contributed by atoms with Gasteiger partial charge in [-0.1, -0.05) is 36.8 Å². The number of amides is 1. The van der Waals surface area contributed by atoms with Crippen molar-refractivity contribution in [2.75, 3.05) is 7.05 Å². The van der Waals surface area contributed by atoms with E-state index >= 15 is 0 Å². The Kier molecular flexibility index (Phi) is 8.99. The molecule has 1 unspecified atom stereocenters. The van der Waals surface area contributed by atoms with Gasteiger partial charge in [0.1, 0.15) is 0 Å². The van der Waals surface area contributed by atoms with Crippen molar-refractivity contribution in [3.63, 3.8) is 0 Å². The van der Waals surface area contributed by atoms with Gasteiger partial charge >= 0.3 is 0 Å². The van der Waals surface area contributed by atoms with Gasteiger partial charge in [0.2, 0.25) is 6.41 Å². The van der Waals surface area contributed by atoms with Crippen LogP contribution in [0.25, 0.3) is 0 Å². The van der Waals surface area contributed by atoms with Crippen LogP contribution in [0.3, 0.4) is 0 Å². The van der Waals surface area contributed by atoms with Crippen molar-refractivity contribution in [3.8, 4) is 0 Å². The van der Waals surface area contributed by atoms with Crippen LogP contribution in [-0.2, 0) is 4.79 Å². The molecule has 0 aromatic heterocycles. The molecule has 0 saturated heterocycles. The van der Waals surface area contributed by atoms with E-state index in [-0.39, 0.29) is 12.5 Å². The topological polar surface area (TPSA) is 112 Å². The molecular weight excluding hydrogens is 246 g/mol. The van der Waals surface area contributed by atoms with Gasteiger partial charge in [-0.05, 0) is 24.3 Å². The SMILES string of the molecule is C[N+](=O)[O-].NC(c1ccccc1)C1CCC1.NC=O. The third-order valence-corrected chi connectivity index (χ3v) is 2.84. The Balaban J connectivity index is 0.000000393. The van der Waals surface area contributed by atoms with Gasteiger partial charge in [0.05, 0.1) is 0 Å². The normalized spacial score (nSPS) is 14.6. The molecule has 4 N–H and O–H groups in total. The van der Waals surface area contributed by atoms with Gasteiger partial charge in [0.15, 0.2) is 7.05 Å². The molecule has 6 nitrogen and oxygen atoms in total. The van der Waals surface area contributed by atoms with Crippen LogP contribution in [0, 0.1) is 16.0 Å². The minimum atomic E-state index is -0.500. The lowest BCUT2D eigenvalue weighted by atomic mass is 9.78. The Bertz CT molecular complexity index is 363. The molecule has 1 aromatic rings. The van der Waals surface area contributed by atoms with Crippen molar-refractivity contribution in [1.82, 2.24) is 0 Å². The second kappa shape index (κ2) is 10.0. The molecule has 19 heavy (non-hydrogen) atoms. The summed E-state index contributed by atoms with van der Waals surface area (Å²) in [5, 5.41) is 8.81. The van der Waals surface area contributed by atoms with Gasteiger partial charge in [-0.2, -0.15) is 0 Å². The lowest BCUT2D eigenvalue weighted by Gasteiger charge is -2.31. The molecule has 0 bridgehead atoms. The fourth-order valence-corrected chi connectivity index (χ4v) is 1.75. The number of nitrogens with two attached hydrogens (primary N) is 2. The van der Waals surface area contributed by atoms with Crippen molar-refractivity contribution in [2.45, 2.75) is 25.3 Å². The molecule has 1 atom stereocenters. The molecule has 0 spiro atoms. The summed E-state index contributed by atoms with van der Waals surface area (Å²) >= 11 is 0. The van der Waals surface area contributed by atoms with Gasteiger partial charge in [0.25, 0.3) is 0 Å². The molecule has 1 amide bonds. The molecule has 0 radical (unpaired) electrons. The van der Waals surface area contributed by atoms with E-state index in [9.17, 15) is 0 Å². The first-order valence-corrected chi connectivity index (χ1v) is 6.06. The molecule has 2 rings (SSSR count). The summed E-state index contributed by atoms with van der Waals surface area (Å²) in [4.78, 5) is 16.9. The second-order valence-corrected chi connectivity index (χ2v) is 4.20. The summed E-state index contributed by atoms with van der Waals surface area (Å²) in [6.45, 7) is 0. The van der Waals surface area contributed by atoms with Crippen molar-refractivity contribution in [1.29, 1.82) is 0 Å². The highest BCUT2D eigenvalue weighted by Gasteiger charge is 2.24. The number of carbonyl (C=O) groups is 1. The lowest BCUT2D eigenvalue weighted by Crippen LogP contribution is -2.26. The molecule has 0 aliphatic heterocycles. The smallest absolute Gasteiger partial charge is 0.204 e. The number of nitrogens with zero attached hydrogens (tertiary/aromatic N) is 1. The first-order chi connectivity index (χ1) is 9.02. The lowest BCUT2D eigenvalue weighted by molar-refractivity contribution is -0.445. The molecule has 1 saturated carbocycles. The average molecular weight is 267 g/mol. The summed E-state index contributed by atoms with van der Waals surface area (Å²) in [5.41, 5.74) is 11.6. The van der Waals surface area contributed by atoms with Crippen LogP contribution in [-0.4, -0.2) is 18.4 Å². The van der Waals surface area contributed by atoms with Crippen LogP contribution in [0.4, 0.5) is 0 Å². The average Bonchev–Trinajstić information content (AvgIpc) is 2.28. The fraction of sp³-hybridized carbons (Fsp3) is 0.462. The summed E-state index contributed by atoms with van der Waals surface area (Å²) < 4.78 is 0. The first-order valence-electron chi connectivity index (χ1n) is 6.06. The first kappa shape index (κ1) is 17.1. The highest BCUT2D eigenvalue weighted by molar-refractivity contribution is 5.42. The van der Waals surface area contributed by atoms with E-state index in [2.05, 4.69) is 30.0 Å². The Morgan fingerprint density at radius 3 is 2.11 bits per heavy atom. The predicted molar refractivity (Wildman–Crippen MR) is 73.9 cm³/mol. The number of benzene rings is 1. The number of primary amides is 1. The number of rotatable bonds is 2. The van der Waals surface area contributed by atoms with E-state index in [1.807, 2.05) is 6.07 Å². The zero-order valence-corrected chi connectivity index (χ0v) is 11.1. The predicted octanol–water partition coefficient (Wildman–Crippen LogP) is 1.48. The standard InChI is InChI=1S/C11H15N.CH3NO2.CH3NO/c12-11(10-7-4-8-10)9-5-2-1-3-6-9;1-2(3)4;2-1-3/h1-3,5-6,10-11H,4,7-8,12H2;1H3;1H,(H2,2,3). The van der Waals surface area contributed by atoms with Crippen molar-refractivity contribution in [2.24, 2.45) is 17.4 Å². The minimum absolute atomic E-state index is 0.250. The fourth-order valence-electron chi connectivity index (χ4n) is 1.75. The van der Waals surface area contributed by atoms with Gasteiger partial charge in [0, 0.05) is 11.0 Å². The molecule has 6 heteroatoms. The van der Waals surface area contributed by atoms with Gasteiger partial charge in [-0.3, -0.25) is 14.9 Å². The summed E-state index contributed by atoms with van der Waals surface area (Å²) in [5.74, 6) is 0.743. The zero-order valence-electron chi connectivity index (χ0n) is 11.1. The highest BCUT2D eigenvalue weighted by Crippen LogP contribution is 2.35. The van der Waals surface area contributed by atoms with E-state index in [0.717, 1.165) is 13.0 Å². The van der Waals surface area contributed by atoms with Gasteiger partial charge < -0.3 is 11.5 Å². The van der Waals surface area contributed by atoms with Crippen molar-refractivity contribution >= 4 is 6.41 Å². The highest BCUT2D eigenvalue weighted by atomic mass is 16.6. The van der Waals surface area contributed by atoms with Crippen LogP contribution >= 0.6 is 0 Å². The summed E-state index contributed by atoms with van der Waals surface area (Å²) in [6, 6.07) is 10.7. The van der Waals surface area contributed by atoms with Crippen LogP contribution < -0.4 is 11.5 Å². The maximum atomic E-state index is 8.81. The number of hydrogen-bond donors (Lipinski definition) is 2. The Hall–Kier alpha value is -1.95. The number of hydrogen-bond acceptors (Lipinski definition) is 4. The summed E-state index contributed by atoms with van der Waals surface area (Å²) in [6.07, 6.45) is 4.25. The monoisotopic (exact) mass is 267 g/mol. The minimum Gasteiger partial charge on any atom is -0.372 e. The Labute approximate surface area is 112 Å². The number of nitro groups is 1. The maximum Gasteiger partial charge on any atom is 0.204 e. The third-order valence-electron chi connectivity index (χ3n) is 2.84. The van der Waals surface area contributed by atoms with Crippen molar-refractivity contribution < 1.29 is 9.72 Å². The van der Waals surface area contributed by atoms with Crippen LogP contribution in [0.15, 0.2) is 30.3 Å². The van der Waals surface area contributed by atoms with Crippen LogP contribution in [0.5, 0.6) is 0 Å². The van der Waals surface area contributed by atoms with E-state index in [0.29, 0.717) is 0 Å². The summed E-state index contributed by atoms with van der Waals surface area (Å²) in [7, 11) is 0.889. The van der Waals surface area contributed by atoms with E-state index < -0.39 is 4.92 Å². The molecule has 106 valence electrons. The molecular formula is C13H21N3O3. The maximum absolute atomic E-state index is 8.81. The molecule has 0 heterocycles. The quantitative estimate of drug-likeness (QED) is 0.480. The second-order valence-electron chi connectivity index (χ2n) is 4.20. The van der Waals surface area contributed by atoms with Crippen molar-refractivity contribution in [3.05, 3.63) is 46.0 Å². The van der Waals surface area contributed by atoms with Gasteiger partial charge in [-0.15, -0.1) is 0 Å². The Morgan fingerprint density at radius 2 is 1.79 bits per heavy atom.